The van der Waals surface area contributed by atoms with Crippen molar-refractivity contribution in [3.05, 3.63) is 35.9 Å². The van der Waals surface area contributed by atoms with Crippen molar-refractivity contribution in [2.24, 2.45) is 5.92 Å². The molecule has 1 N–H and O–H groups in total. The lowest BCUT2D eigenvalue weighted by molar-refractivity contribution is -0.124. The van der Waals surface area contributed by atoms with E-state index in [-0.39, 0.29) is 17.6 Å². The van der Waals surface area contributed by atoms with E-state index in [4.69, 9.17) is 0 Å². The zero-order valence-electron chi connectivity index (χ0n) is 9.49. The van der Waals surface area contributed by atoms with Crippen LogP contribution in [0.2, 0.25) is 0 Å². The van der Waals surface area contributed by atoms with Crippen LogP contribution in [0, 0.1) is 5.92 Å². The Morgan fingerprint density at radius 2 is 2.00 bits per heavy atom. The second kappa shape index (κ2) is 3.74. The second-order valence-electron chi connectivity index (χ2n) is 4.48. The smallest absolute Gasteiger partial charge is 0.221 e. The van der Waals surface area contributed by atoms with Gasteiger partial charge in [-0.2, -0.15) is 0 Å². The number of carbonyl (C=O) groups excluding carboxylic acids is 2. The highest BCUT2D eigenvalue weighted by Gasteiger charge is 2.46. The molecule has 0 radical (unpaired) electrons. The predicted molar refractivity (Wildman–Crippen MR) is 60.7 cm³/mol. The number of nitrogens with one attached hydrogen (secondary N) is 1. The maximum atomic E-state index is 11.6. The zero-order chi connectivity index (χ0) is 11.8. The van der Waals surface area contributed by atoms with Crippen molar-refractivity contribution < 1.29 is 9.59 Å². The first kappa shape index (κ1) is 10.9. The summed E-state index contributed by atoms with van der Waals surface area (Å²) >= 11 is 0. The van der Waals surface area contributed by atoms with Gasteiger partial charge in [-0.1, -0.05) is 30.3 Å². The highest BCUT2D eigenvalue weighted by atomic mass is 16.2. The summed E-state index contributed by atoms with van der Waals surface area (Å²) in [5, 5.41) is 2.92. The van der Waals surface area contributed by atoms with Crippen LogP contribution in [0.15, 0.2) is 30.3 Å². The normalized spacial score (nSPS) is 28.9. The molecule has 1 aliphatic rings. The summed E-state index contributed by atoms with van der Waals surface area (Å²) in [5.41, 5.74) is 0.436. The molecule has 0 aliphatic carbocycles. The molecule has 16 heavy (non-hydrogen) atoms. The molecule has 1 fully saturated rings. The molecule has 2 rings (SSSR count). The van der Waals surface area contributed by atoms with Gasteiger partial charge >= 0.3 is 0 Å². The minimum absolute atomic E-state index is 0.0495. The van der Waals surface area contributed by atoms with Gasteiger partial charge in [-0.15, -0.1) is 0 Å². The fraction of sp³-hybridized carbons (Fsp3) is 0.385. The van der Waals surface area contributed by atoms with E-state index in [9.17, 15) is 9.59 Å². The van der Waals surface area contributed by atoms with Crippen LogP contribution in [0.1, 0.15) is 25.8 Å². The lowest BCUT2D eigenvalue weighted by Crippen LogP contribution is -2.42. The van der Waals surface area contributed by atoms with Crippen LogP contribution in [-0.2, 0) is 15.1 Å². The van der Waals surface area contributed by atoms with E-state index < -0.39 is 5.54 Å². The van der Waals surface area contributed by atoms with Gasteiger partial charge in [-0.3, -0.25) is 9.59 Å². The Hall–Kier alpha value is -1.64. The molecule has 1 aromatic carbocycles. The van der Waals surface area contributed by atoms with E-state index in [1.807, 2.05) is 37.3 Å². The fourth-order valence-electron chi connectivity index (χ4n) is 2.43. The van der Waals surface area contributed by atoms with E-state index in [1.165, 1.54) is 0 Å². The van der Waals surface area contributed by atoms with Gasteiger partial charge in [0.2, 0.25) is 5.91 Å². The van der Waals surface area contributed by atoms with Crippen molar-refractivity contribution in [2.75, 3.05) is 0 Å². The van der Waals surface area contributed by atoms with Crippen molar-refractivity contribution in [3.63, 3.8) is 0 Å². The molecule has 1 saturated heterocycles. The van der Waals surface area contributed by atoms with Crippen LogP contribution in [0.3, 0.4) is 0 Å². The average Bonchev–Trinajstić information content (AvgIpc) is 2.57. The van der Waals surface area contributed by atoms with Crippen LogP contribution in [0.4, 0.5) is 0 Å². The number of carbonyl (C=O) groups is 2. The van der Waals surface area contributed by atoms with Gasteiger partial charge in [0.1, 0.15) is 5.78 Å². The van der Waals surface area contributed by atoms with Crippen molar-refractivity contribution in [2.45, 2.75) is 25.8 Å². The van der Waals surface area contributed by atoms with Gasteiger partial charge in [0.15, 0.2) is 0 Å². The van der Waals surface area contributed by atoms with Crippen molar-refractivity contribution in [3.8, 4) is 0 Å². The quantitative estimate of drug-likeness (QED) is 0.818. The number of benzene rings is 1. The Balaban J connectivity index is 2.43. The Bertz CT molecular complexity index is 427. The molecule has 0 saturated carbocycles. The van der Waals surface area contributed by atoms with Crippen LogP contribution in [-0.4, -0.2) is 11.7 Å². The van der Waals surface area contributed by atoms with Gasteiger partial charge in [0.05, 0.1) is 11.5 Å². The number of hydrogen-bond donors (Lipinski definition) is 1. The number of amides is 1. The standard InChI is InChI=1S/C13H15NO2/c1-9(15)11-8-12(16)14-13(11,2)10-6-4-3-5-7-10/h3-7,11H,8H2,1-2H3,(H,14,16). The topological polar surface area (TPSA) is 46.2 Å². The van der Waals surface area contributed by atoms with Gasteiger partial charge in [-0.05, 0) is 19.4 Å². The summed E-state index contributed by atoms with van der Waals surface area (Å²) in [4.78, 5) is 23.1. The van der Waals surface area contributed by atoms with Crippen molar-refractivity contribution in [1.82, 2.24) is 5.32 Å². The second-order valence-corrected chi connectivity index (χ2v) is 4.48. The number of ketones is 1. The average molecular weight is 217 g/mol. The molecule has 1 aliphatic heterocycles. The Morgan fingerprint density at radius 3 is 2.56 bits per heavy atom. The number of hydrogen-bond acceptors (Lipinski definition) is 2. The fourth-order valence-corrected chi connectivity index (χ4v) is 2.43. The SMILES string of the molecule is CC(=O)C1CC(=O)NC1(C)c1ccccc1. The van der Waals surface area contributed by atoms with Crippen LogP contribution in [0.25, 0.3) is 0 Å². The predicted octanol–water partition coefficient (Wildman–Crippen LogP) is 1.63. The van der Waals surface area contributed by atoms with Gasteiger partial charge in [0.25, 0.3) is 0 Å². The van der Waals surface area contributed by atoms with Crippen molar-refractivity contribution >= 4 is 11.7 Å². The molecule has 3 heteroatoms. The highest BCUT2D eigenvalue weighted by Crippen LogP contribution is 2.36. The maximum absolute atomic E-state index is 11.6. The van der Waals surface area contributed by atoms with E-state index >= 15 is 0 Å². The third-order valence-corrected chi connectivity index (χ3v) is 3.35. The van der Waals surface area contributed by atoms with Gasteiger partial charge in [-0.25, -0.2) is 0 Å². The minimum atomic E-state index is -0.551. The molecular formula is C13H15NO2. The van der Waals surface area contributed by atoms with Crippen LogP contribution in [0.5, 0.6) is 0 Å². The molecule has 2 atom stereocenters. The molecule has 1 heterocycles. The summed E-state index contributed by atoms with van der Waals surface area (Å²) in [6.45, 7) is 3.46. The first-order valence-electron chi connectivity index (χ1n) is 5.41. The van der Waals surface area contributed by atoms with E-state index in [2.05, 4.69) is 5.32 Å². The summed E-state index contributed by atoms with van der Waals surface area (Å²) in [6.07, 6.45) is 0.292. The Kier molecular flexibility index (Phi) is 2.54. The summed E-state index contributed by atoms with van der Waals surface area (Å²) in [7, 11) is 0. The lowest BCUT2D eigenvalue weighted by Gasteiger charge is -2.30. The molecule has 0 spiro atoms. The highest BCUT2D eigenvalue weighted by molar-refractivity contribution is 5.91. The van der Waals surface area contributed by atoms with Crippen LogP contribution < -0.4 is 5.32 Å². The van der Waals surface area contributed by atoms with Gasteiger partial charge in [0, 0.05) is 6.42 Å². The first-order chi connectivity index (χ1) is 7.54. The zero-order valence-corrected chi connectivity index (χ0v) is 9.49. The van der Waals surface area contributed by atoms with Crippen LogP contribution >= 0.6 is 0 Å². The third kappa shape index (κ3) is 1.62. The molecule has 2 unspecified atom stereocenters. The Morgan fingerprint density at radius 1 is 1.38 bits per heavy atom. The molecule has 1 aromatic rings. The summed E-state index contributed by atoms with van der Waals surface area (Å²) in [6, 6.07) is 9.65. The summed E-state index contributed by atoms with van der Waals surface area (Å²) in [5.74, 6) is -0.251. The Labute approximate surface area is 94.9 Å². The molecule has 1 amide bonds. The molecule has 84 valence electrons. The molecule has 0 bridgehead atoms. The molecular weight excluding hydrogens is 202 g/mol. The largest absolute Gasteiger partial charge is 0.346 e. The van der Waals surface area contributed by atoms with E-state index in [0.29, 0.717) is 6.42 Å². The molecule has 0 aromatic heterocycles. The monoisotopic (exact) mass is 217 g/mol. The number of rotatable bonds is 2. The van der Waals surface area contributed by atoms with Crippen molar-refractivity contribution in [1.29, 1.82) is 0 Å². The van der Waals surface area contributed by atoms with Gasteiger partial charge < -0.3 is 5.32 Å². The summed E-state index contributed by atoms with van der Waals surface area (Å²) < 4.78 is 0. The number of Topliss-reactive ketones (excluding diaryl/α,β-unsaturated/α-hetero) is 1. The minimum Gasteiger partial charge on any atom is -0.346 e. The first-order valence-corrected chi connectivity index (χ1v) is 5.41. The van der Waals surface area contributed by atoms with E-state index in [0.717, 1.165) is 5.56 Å². The lowest BCUT2D eigenvalue weighted by atomic mass is 9.79. The molecule has 3 nitrogen and oxygen atoms in total. The maximum Gasteiger partial charge on any atom is 0.221 e. The third-order valence-electron chi connectivity index (χ3n) is 3.35. The van der Waals surface area contributed by atoms with E-state index in [1.54, 1.807) is 6.92 Å².